The molecule has 1 atom stereocenters. The normalized spacial score (nSPS) is 21.0. The lowest BCUT2D eigenvalue weighted by atomic mass is 9.91. The van der Waals surface area contributed by atoms with E-state index in [9.17, 15) is 13.2 Å². The van der Waals surface area contributed by atoms with Crippen LogP contribution >= 0.6 is 0 Å². The van der Waals surface area contributed by atoms with Crippen molar-refractivity contribution in [2.24, 2.45) is 11.7 Å². The molecule has 1 unspecified atom stereocenters. The number of amides is 1. The average molecular weight is 397 g/mol. The van der Waals surface area contributed by atoms with Crippen molar-refractivity contribution in [1.29, 1.82) is 0 Å². The molecule has 1 aromatic carbocycles. The number of piperazine rings is 1. The van der Waals surface area contributed by atoms with Crippen molar-refractivity contribution in [2.45, 2.75) is 23.8 Å². The van der Waals surface area contributed by atoms with Gasteiger partial charge in [-0.15, -0.1) is 0 Å². The van der Waals surface area contributed by atoms with Crippen LogP contribution in [0.3, 0.4) is 0 Å². The Morgan fingerprint density at radius 3 is 2.30 bits per heavy atom. The molecule has 0 radical (unpaired) electrons. The summed E-state index contributed by atoms with van der Waals surface area (Å²) < 4.78 is 37.4. The van der Waals surface area contributed by atoms with Gasteiger partial charge < -0.3 is 20.1 Å². The summed E-state index contributed by atoms with van der Waals surface area (Å²) in [7, 11) is -2.05. The highest BCUT2D eigenvalue weighted by Gasteiger charge is 2.34. The number of rotatable bonds is 5. The highest BCUT2D eigenvalue weighted by atomic mass is 32.2. The fourth-order valence-corrected chi connectivity index (χ4v) is 4.96. The number of ether oxygens (including phenoxy) is 2. The summed E-state index contributed by atoms with van der Waals surface area (Å²) in [6, 6.07) is 5.78. The Labute approximate surface area is 160 Å². The molecule has 0 spiro atoms. The Morgan fingerprint density at radius 2 is 1.74 bits per heavy atom. The minimum absolute atomic E-state index is 0.0941. The molecule has 2 aliphatic rings. The van der Waals surface area contributed by atoms with Gasteiger partial charge in [0.25, 0.3) is 0 Å². The van der Waals surface area contributed by atoms with E-state index in [1.165, 1.54) is 23.5 Å². The van der Waals surface area contributed by atoms with Crippen molar-refractivity contribution >= 4 is 15.9 Å². The van der Waals surface area contributed by atoms with Crippen LogP contribution in [-0.4, -0.2) is 76.1 Å². The lowest BCUT2D eigenvalue weighted by molar-refractivity contribution is -0.135. The summed E-state index contributed by atoms with van der Waals surface area (Å²) in [5.41, 5.74) is 6.17. The number of nitrogens with two attached hydrogens (primary N) is 1. The zero-order chi connectivity index (χ0) is 19.4. The molecule has 27 heavy (non-hydrogen) atoms. The van der Waals surface area contributed by atoms with Crippen molar-refractivity contribution in [3.8, 4) is 5.75 Å². The van der Waals surface area contributed by atoms with Gasteiger partial charge in [-0.1, -0.05) is 0 Å². The molecule has 2 aliphatic heterocycles. The van der Waals surface area contributed by atoms with Crippen LogP contribution in [0.4, 0.5) is 0 Å². The summed E-state index contributed by atoms with van der Waals surface area (Å²) in [6.07, 6.45) is 1.58. The largest absolute Gasteiger partial charge is 0.497 e. The van der Waals surface area contributed by atoms with E-state index in [0.717, 1.165) is 12.8 Å². The minimum atomic E-state index is -3.58. The number of nitrogens with zero attached hydrogens (tertiary/aromatic N) is 2. The molecule has 9 heteroatoms. The molecule has 2 N–H and O–H groups in total. The van der Waals surface area contributed by atoms with Crippen LogP contribution in [0.5, 0.6) is 5.75 Å². The van der Waals surface area contributed by atoms with Gasteiger partial charge in [-0.25, -0.2) is 8.42 Å². The predicted octanol–water partition coefficient (Wildman–Crippen LogP) is 0.282. The molecule has 1 amide bonds. The molecule has 8 nitrogen and oxygen atoms in total. The topological polar surface area (TPSA) is 102 Å². The Morgan fingerprint density at radius 1 is 1.15 bits per heavy atom. The number of carbonyl (C=O) groups is 1. The Hall–Kier alpha value is -1.68. The van der Waals surface area contributed by atoms with Crippen LogP contribution in [0.2, 0.25) is 0 Å². The molecular formula is C18H27N3O5S. The van der Waals surface area contributed by atoms with Crippen LogP contribution in [0.15, 0.2) is 29.2 Å². The molecule has 0 saturated carbocycles. The standard InChI is InChI=1S/C18H27N3O5S/c1-25-15-2-4-16(5-3-15)27(23,24)21-10-8-20(9-11-21)18(22)17(19)14-6-12-26-13-7-14/h2-5,14,17H,6-13,19H2,1H3. The van der Waals surface area contributed by atoms with E-state index < -0.39 is 16.1 Å². The highest BCUT2D eigenvalue weighted by molar-refractivity contribution is 7.89. The van der Waals surface area contributed by atoms with Crippen LogP contribution < -0.4 is 10.5 Å². The van der Waals surface area contributed by atoms with Crippen LogP contribution in [0.25, 0.3) is 0 Å². The fourth-order valence-electron chi connectivity index (χ4n) is 3.53. The van der Waals surface area contributed by atoms with Gasteiger partial charge in [0, 0.05) is 39.4 Å². The number of methoxy groups -OCH3 is 1. The van der Waals surface area contributed by atoms with E-state index in [1.54, 1.807) is 17.0 Å². The predicted molar refractivity (Wildman–Crippen MR) is 99.9 cm³/mol. The Balaban J connectivity index is 1.59. The average Bonchev–Trinajstić information content (AvgIpc) is 2.73. The third-order valence-electron chi connectivity index (χ3n) is 5.31. The Kier molecular flexibility index (Phi) is 6.36. The van der Waals surface area contributed by atoms with Crippen molar-refractivity contribution in [1.82, 2.24) is 9.21 Å². The first-order chi connectivity index (χ1) is 12.9. The molecule has 150 valence electrons. The fraction of sp³-hybridized carbons (Fsp3) is 0.611. The molecule has 3 rings (SSSR count). The molecule has 0 bridgehead atoms. The second kappa shape index (κ2) is 8.55. The quantitative estimate of drug-likeness (QED) is 0.766. The molecule has 2 fully saturated rings. The van der Waals surface area contributed by atoms with Gasteiger partial charge in [0.2, 0.25) is 15.9 Å². The van der Waals surface area contributed by atoms with Crippen molar-refractivity contribution in [3.63, 3.8) is 0 Å². The van der Waals surface area contributed by atoms with Crippen LogP contribution in [-0.2, 0) is 19.6 Å². The second-order valence-electron chi connectivity index (χ2n) is 6.88. The first kappa shape index (κ1) is 20.1. The number of hydrogen-bond acceptors (Lipinski definition) is 6. The van der Waals surface area contributed by atoms with E-state index in [-0.39, 0.29) is 29.8 Å². The first-order valence-electron chi connectivity index (χ1n) is 9.20. The smallest absolute Gasteiger partial charge is 0.243 e. The van der Waals surface area contributed by atoms with E-state index in [1.807, 2.05) is 0 Å². The maximum Gasteiger partial charge on any atom is 0.243 e. The summed E-state index contributed by atoms with van der Waals surface area (Å²) in [5.74, 6) is 0.641. The highest BCUT2D eigenvalue weighted by Crippen LogP contribution is 2.22. The Bertz CT molecular complexity index is 739. The summed E-state index contributed by atoms with van der Waals surface area (Å²) >= 11 is 0. The molecule has 1 aromatic rings. The van der Waals surface area contributed by atoms with Gasteiger partial charge in [-0.3, -0.25) is 4.79 Å². The molecule has 0 aromatic heterocycles. The zero-order valence-corrected chi connectivity index (χ0v) is 16.4. The van der Waals surface area contributed by atoms with E-state index in [0.29, 0.717) is 32.1 Å². The molecule has 2 saturated heterocycles. The maximum absolute atomic E-state index is 12.8. The maximum atomic E-state index is 12.8. The van der Waals surface area contributed by atoms with Crippen LogP contribution in [0, 0.1) is 5.92 Å². The number of sulfonamides is 1. The lowest BCUT2D eigenvalue weighted by Crippen LogP contribution is -2.56. The molecule has 2 heterocycles. The summed E-state index contributed by atoms with van der Waals surface area (Å²) in [6.45, 7) is 2.51. The third-order valence-corrected chi connectivity index (χ3v) is 7.22. The summed E-state index contributed by atoms with van der Waals surface area (Å²) in [5, 5.41) is 0. The lowest BCUT2D eigenvalue weighted by Gasteiger charge is -2.37. The van der Waals surface area contributed by atoms with Gasteiger partial charge in [0.1, 0.15) is 5.75 Å². The molecule has 0 aliphatic carbocycles. The van der Waals surface area contributed by atoms with Crippen molar-refractivity contribution in [3.05, 3.63) is 24.3 Å². The monoisotopic (exact) mass is 397 g/mol. The third kappa shape index (κ3) is 4.43. The van der Waals surface area contributed by atoms with E-state index in [2.05, 4.69) is 0 Å². The summed E-state index contributed by atoms with van der Waals surface area (Å²) in [4.78, 5) is 14.6. The first-order valence-corrected chi connectivity index (χ1v) is 10.6. The zero-order valence-electron chi connectivity index (χ0n) is 15.5. The molecular weight excluding hydrogens is 370 g/mol. The number of carbonyl (C=O) groups excluding carboxylic acids is 1. The van der Waals surface area contributed by atoms with Crippen LogP contribution in [0.1, 0.15) is 12.8 Å². The van der Waals surface area contributed by atoms with E-state index >= 15 is 0 Å². The number of benzene rings is 1. The second-order valence-corrected chi connectivity index (χ2v) is 8.82. The number of hydrogen-bond donors (Lipinski definition) is 1. The van der Waals surface area contributed by atoms with Crippen molar-refractivity contribution in [2.75, 3.05) is 46.5 Å². The van der Waals surface area contributed by atoms with E-state index in [4.69, 9.17) is 15.2 Å². The van der Waals surface area contributed by atoms with Crippen molar-refractivity contribution < 1.29 is 22.7 Å². The van der Waals surface area contributed by atoms with Gasteiger partial charge in [0.15, 0.2) is 0 Å². The van der Waals surface area contributed by atoms with Gasteiger partial charge >= 0.3 is 0 Å². The van der Waals surface area contributed by atoms with Gasteiger partial charge in [-0.2, -0.15) is 4.31 Å². The van der Waals surface area contributed by atoms with Gasteiger partial charge in [-0.05, 0) is 43.0 Å². The van der Waals surface area contributed by atoms with Gasteiger partial charge in [0.05, 0.1) is 18.0 Å². The SMILES string of the molecule is COc1ccc(S(=O)(=O)N2CCN(C(=O)C(N)C3CCOCC3)CC2)cc1. The minimum Gasteiger partial charge on any atom is -0.497 e.